The summed E-state index contributed by atoms with van der Waals surface area (Å²) in [6, 6.07) is 3.34. The third-order valence-electron chi connectivity index (χ3n) is 2.40. The summed E-state index contributed by atoms with van der Waals surface area (Å²) in [6.45, 7) is 0.339. The summed E-state index contributed by atoms with van der Waals surface area (Å²) in [6.07, 6.45) is 3.11. The Hall–Kier alpha value is -2.02. The van der Waals surface area contributed by atoms with Crippen LogP contribution in [0.25, 0.3) is 0 Å². The van der Waals surface area contributed by atoms with Crippen LogP contribution in [0, 0.1) is 0 Å². The van der Waals surface area contributed by atoms with Gasteiger partial charge in [0.05, 0.1) is 12.1 Å². The van der Waals surface area contributed by atoms with Crippen molar-refractivity contribution in [1.29, 1.82) is 0 Å². The molecule has 0 bridgehead atoms. The molecule has 0 atom stereocenters. The minimum absolute atomic E-state index is 0.0994. The summed E-state index contributed by atoms with van der Waals surface area (Å²) >= 11 is 4.81. The fourth-order valence-corrected chi connectivity index (χ4v) is 1.62. The summed E-state index contributed by atoms with van der Waals surface area (Å²) < 4.78 is 3.11. The van der Waals surface area contributed by atoms with Crippen LogP contribution < -0.4 is 11.3 Å². The van der Waals surface area contributed by atoms with Gasteiger partial charge in [0, 0.05) is 13.2 Å². The van der Waals surface area contributed by atoms with Gasteiger partial charge in [-0.25, -0.2) is 4.98 Å². The molecule has 0 saturated carbocycles. The standard InChI is InChI=1S/C10H11N5OS/c1-14-8(12-6-13-14)5-15-4-2-3-7(9(11)17)10(15)16/h2-4,6H,5H2,1H3,(H2,11,17). The molecule has 2 rings (SSSR count). The zero-order valence-corrected chi connectivity index (χ0v) is 10.0. The minimum Gasteiger partial charge on any atom is -0.389 e. The first-order valence-electron chi connectivity index (χ1n) is 4.91. The molecule has 0 aliphatic carbocycles. The third-order valence-corrected chi connectivity index (χ3v) is 2.62. The Balaban J connectivity index is 2.41. The third kappa shape index (κ3) is 2.23. The molecule has 17 heavy (non-hydrogen) atoms. The Kier molecular flexibility index (Phi) is 3.01. The smallest absolute Gasteiger partial charge is 0.261 e. The number of thiocarbonyl (C=S) groups is 1. The molecular weight excluding hydrogens is 238 g/mol. The highest BCUT2D eigenvalue weighted by atomic mass is 32.1. The van der Waals surface area contributed by atoms with Crippen molar-refractivity contribution in [1.82, 2.24) is 19.3 Å². The first-order valence-corrected chi connectivity index (χ1v) is 5.32. The van der Waals surface area contributed by atoms with Gasteiger partial charge in [-0.05, 0) is 12.1 Å². The topological polar surface area (TPSA) is 78.7 Å². The number of hydrogen-bond donors (Lipinski definition) is 1. The van der Waals surface area contributed by atoms with Crippen LogP contribution in [0.4, 0.5) is 0 Å². The Morgan fingerprint density at radius 1 is 1.59 bits per heavy atom. The second kappa shape index (κ2) is 4.46. The van der Waals surface area contributed by atoms with E-state index < -0.39 is 0 Å². The predicted octanol–water partition coefficient (Wildman–Crippen LogP) is -0.341. The van der Waals surface area contributed by atoms with Gasteiger partial charge < -0.3 is 10.3 Å². The molecule has 2 heterocycles. The molecule has 0 spiro atoms. The number of rotatable bonds is 3. The van der Waals surface area contributed by atoms with E-state index in [1.807, 2.05) is 0 Å². The molecular formula is C10H11N5OS. The molecule has 6 nitrogen and oxygen atoms in total. The van der Waals surface area contributed by atoms with Crippen LogP contribution in [0.3, 0.4) is 0 Å². The molecule has 7 heteroatoms. The van der Waals surface area contributed by atoms with E-state index in [2.05, 4.69) is 10.1 Å². The molecule has 0 saturated heterocycles. The van der Waals surface area contributed by atoms with Crippen LogP contribution in [0.1, 0.15) is 11.4 Å². The Labute approximate surface area is 103 Å². The van der Waals surface area contributed by atoms with E-state index in [1.54, 1.807) is 30.1 Å². The number of aromatic nitrogens is 4. The maximum Gasteiger partial charge on any atom is 0.261 e. The van der Waals surface area contributed by atoms with Gasteiger partial charge in [-0.1, -0.05) is 12.2 Å². The highest BCUT2D eigenvalue weighted by Crippen LogP contribution is 1.97. The van der Waals surface area contributed by atoms with Gasteiger partial charge in [0.15, 0.2) is 0 Å². The zero-order chi connectivity index (χ0) is 12.4. The molecule has 0 radical (unpaired) electrons. The summed E-state index contributed by atoms with van der Waals surface area (Å²) in [5.41, 5.74) is 5.59. The van der Waals surface area contributed by atoms with Crippen LogP contribution in [0.5, 0.6) is 0 Å². The van der Waals surface area contributed by atoms with Gasteiger partial charge in [-0.2, -0.15) is 5.10 Å². The maximum absolute atomic E-state index is 12.0. The monoisotopic (exact) mass is 249 g/mol. The maximum atomic E-state index is 12.0. The van der Waals surface area contributed by atoms with E-state index in [4.69, 9.17) is 18.0 Å². The molecule has 0 amide bonds. The van der Waals surface area contributed by atoms with Gasteiger partial charge in [0.25, 0.3) is 5.56 Å². The summed E-state index contributed by atoms with van der Waals surface area (Å²) in [7, 11) is 1.77. The molecule has 0 aromatic carbocycles. The van der Waals surface area contributed by atoms with Gasteiger partial charge in [0.2, 0.25) is 0 Å². The second-order valence-electron chi connectivity index (χ2n) is 3.52. The van der Waals surface area contributed by atoms with E-state index in [0.717, 1.165) is 0 Å². The van der Waals surface area contributed by atoms with E-state index in [1.165, 1.54) is 10.9 Å². The van der Waals surface area contributed by atoms with Crippen molar-refractivity contribution in [2.45, 2.75) is 6.54 Å². The molecule has 0 aliphatic rings. The lowest BCUT2D eigenvalue weighted by Gasteiger charge is -2.06. The fraction of sp³-hybridized carbons (Fsp3) is 0.200. The lowest BCUT2D eigenvalue weighted by Crippen LogP contribution is -2.29. The number of aryl methyl sites for hydroxylation is 1. The van der Waals surface area contributed by atoms with Crippen LogP contribution in [-0.2, 0) is 13.6 Å². The van der Waals surface area contributed by atoms with E-state index in [9.17, 15) is 4.79 Å². The summed E-state index contributed by atoms with van der Waals surface area (Å²) in [4.78, 5) is 16.1. The van der Waals surface area contributed by atoms with Crippen LogP contribution in [0.2, 0.25) is 0 Å². The van der Waals surface area contributed by atoms with Gasteiger partial charge in [-0.15, -0.1) is 0 Å². The van der Waals surface area contributed by atoms with Crippen molar-refractivity contribution in [3.63, 3.8) is 0 Å². The Morgan fingerprint density at radius 2 is 2.35 bits per heavy atom. The highest BCUT2D eigenvalue weighted by Gasteiger charge is 2.07. The first kappa shape index (κ1) is 11.5. The highest BCUT2D eigenvalue weighted by molar-refractivity contribution is 7.80. The van der Waals surface area contributed by atoms with Gasteiger partial charge in [0.1, 0.15) is 17.1 Å². The van der Waals surface area contributed by atoms with Crippen LogP contribution in [0.15, 0.2) is 29.5 Å². The van der Waals surface area contributed by atoms with Crippen molar-refractivity contribution in [3.8, 4) is 0 Å². The summed E-state index contributed by atoms with van der Waals surface area (Å²) in [5, 5.41) is 3.94. The lowest BCUT2D eigenvalue weighted by molar-refractivity contribution is 0.640. The quantitative estimate of drug-likeness (QED) is 0.753. The second-order valence-corrected chi connectivity index (χ2v) is 3.96. The minimum atomic E-state index is -0.219. The SMILES string of the molecule is Cn1ncnc1Cn1cccc(C(N)=S)c1=O. The number of pyridine rings is 1. The molecule has 0 fully saturated rings. The zero-order valence-electron chi connectivity index (χ0n) is 9.20. The molecule has 2 aromatic heterocycles. The van der Waals surface area contributed by atoms with Crippen molar-refractivity contribution in [3.05, 3.63) is 46.4 Å². The van der Waals surface area contributed by atoms with Crippen molar-refractivity contribution in [2.75, 3.05) is 0 Å². The van der Waals surface area contributed by atoms with Gasteiger partial charge in [-0.3, -0.25) is 9.48 Å². The van der Waals surface area contributed by atoms with Crippen LogP contribution >= 0.6 is 12.2 Å². The van der Waals surface area contributed by atoms with Crippen molar-refractivity contribution >= 4 is 17.2 Å². The number of hydrogen-bond acceptors (Lipinski definition) is 4. The van der Waals surface area contributed by atoms with E-state index in [-0.39, 0.29) is 10.5 Å². The average molecular weight is 249 g/mol. The molecule has 88 valence electrons. The van der Waals surface area contributed by atoms with E-state index in [0.29, 0.717) is 17.9 Å². The molecule has 0 unspecified atom stereocenters. The molecule has 2 aromatic rings. The molecule has 2 N–H and O–H groups in total. The first-order chi connectivity index (χ1) is 8.09. The van der Waals surface area contributed by atoms with Crippen molar-refractivity contribution in [2.24, 2.45) is 12.8 Å². The predicted molar refractivity (Wildman–Crippen MR) is 66.7 cm³/mol. The largest absolute Gasteiger partial charge is 0.389 e. The number of nitrogens with zero attached hydrogens (tertiary/aromatic N) is 4. The van der Waals surface area contributed by atoms with E-state index >= 15 is 0 Å². The lowest BCUT2D eigenvalue weighted by atomic mass is 10.3. The molecule has 0 aliphatic heterocycles. The van der Waals surface area contributed by atoms with Crippen molar-refractivity contribution < 1.29 is 0 Å². The fourth-order valence-electron chi connectivity index (χ4n) is 1.46. The average Bonchev–Trinajstić information content (AvgIpc) is 2.67. The normalized spacial score (nSPS) is 10.4. The Bertz CT molecular complexity index is 615. The van der Waals surface area contributed by atoms with Gasteiger partial charge >= 0.3 is 0 Å². The Morgan fingerprint density at radius 3 is 2.94 bits per heavy atom. The number of nitrogens with two attached hydrogens (primary N) is 1. The van der Waals surface area contributed by atoms with Crippen LogP contribution in [-0.4, -0.2) is 24.3 Å². The summed E-state index contributed by atoms with van der Waals surface area (Å²) in [5.74, 6) is 0.687.